The van der Waals surface area contributed by atoms with Crippen molar-refractivity contribution in [2.75, 3.05) is 5.32 Å². The zero-order chi connectivity index (χ0) is 16.9. The molecule has 3 rings (SSSR count). The van der Waals surface area contributed by atoms with Crippen LogP contribution in [0.25, 0.3) is 0 Å². The summed E-state index contributed by atoms with van der Waals surface area (Å²) in [6.45, 7) is 0.158. The molecule has 0 aliphatic heterocycles. The molecule has 0 atom stereocenters. The second-order valence-corrected chi connectivity index (χ2v) is 5.37. The average Bonchev–Trinajstić information content (AvgIpc) is 3.06. The zero-order valence-electron chi connectivity index (χ0n) is 12.4. The maximum atomic E-state index is 12.8. The maximum absolute atomic E-state index is 12.8. The molecule has 0 saturated carbocycles. The first-order valence-electron chi connectivity index (χ1n) is 7.09. The molecule has 0 unspecified atom stereocenters. The molecule has 7 heteroatoms. The standard InChI is InChI=1S/C17H13ClFN3O2/c18-12-1-7-15(8-2-12)24-11-22-10-9-16(21-22)17(23)20-14-5-3-13(19)4-6-14/h1-10H,11H2,(H,20,23). The predicted molar refractivity (Wildman–Crippen MR) is 88.7 cm³/mol. The van der Waals surface area contributed by atoms with Crippen molar-refractivity contribution >= 4 is 23.2 Å². The molecule has 24 heavy (non-hydrogen) atoms. The lowest BCUT2D eigenvalue weighted by Crippen LogP contribution is -2.14. The summed E-state index contributed by atoms with van der Waals surface area (Å²) in [4.78, 5) is 12.1. The van der Waals surface area contributed by atoms with Crippen molar-refractivity contribution in [3.05, 3.63) is 77.3 Å². The van der Waals surface area contributed by atoms with Crippen LogP contribution in [0.1, 0.15) is 10.5 Å². The third-order valence-corrected chi connectivity index (χ3v) is 3.40. The number of ether oxygens (including phenoxy) is 1. The van der Waals surface area contributed by atoms with Gasteiger partial charge in [0.05, 0.1) is 0 Å². The number of hydrogen-bond acceptors (Lipinski definition) is 3. The fourth-order valence-corrected chi connectivity index (χ4v) is 2.08. The number of benzene rings is 2. The first-order valence-corrected chi connectivity index (χ1v) is 7.47. The third-order valence-electron chi connectivity index (χ3n) is 3.15. The fraction of sp³-hybridized carbons (Fsp3) is 0.0588. The molecule has 3 aromatic rings. The Labute approximate surface area is 142 Å². The van der Waals surface area contributed by atoms with Gasteiger partial charge in [-0.05, 0) is 54.6 Å². The highest BCUT2D eigenvalue weighted by atomic mass is 35.5. The molecule has 0 spiro atoms. The molecule has 0 fully saturated rings. The molecule has 1 N–H and O–H groups in total. The Morgan fingerprint density at radius 3 is 2.54 bits per heavy atom. The topological polar surface area (TPSA) is 56.2 Å². The SMILES string of the molecule is O=C(Nc1ccc(F)cc1)c1ccn(COc2ccc(Cl)cc2)n1. The zero-order valence-corrected chi connectivity index (χ0v) is 13.2. The Kier molecular flexibility index (Phi) is 4.77. The summed E-state index contributed by atoms with van der Waals surface area (Å²) in [5, 5.41) is 7.40. The van der Waals surface area contributed by atoms with Gasteiger partial charge in [-0.3, -0.25) is 4.79 Å². The van der Waals surface area contributed by atoms with E-state index >= 15 is 0 Å². The molecule has 1 aromatic heterocycles. The van der Waals surface area contributed by atoms with Crippen molar-refractivity contribution in [3.8, 4) is 5.75 Å². The first kappa shape index (κ1) is 16.0. The smallest absolute Gasteiger partial charge is 0.276 e. The summed E-state index contributed by atoms with van der Waals surface area (Å²) in [6, 6.07) is 14.0. The van der Waals surface area contributed by atoms with Crippen LogP contribution < -0.4 is 10.1 Å². The molecule has 2 aromatic carbocycles. The summed E-state index contributed by atoms with van der Waals surface area (Å²) in [7, 11) is 0. The third kappa shape index (κ3) is 4.11. The van der Waals surface area contributed by atoms with E-state index < -0.39 is 0 Å². The lowest BCUT2D eigenvalue weighted by Gasteiger charge is -2.06. The van der Waals surface area contributed by atoms with Gasteiger partial charge in [0.15, 0.2) is 12.4 Å². The molecular formula is C17H13ClFN3O2. The molecule has 0 aliphatic rings. The number of carbonyl (C=O) groups is 1. The quantitative estimate of drug-likeness (QED) is 0.761. The van der Waals surface area contributed by atoms with Gasteiger partial charge >= 0.3 is 0 Å². The van der Waals surface area contributed by atoms with Crippen LogP contribution >= 0.6 is 11.6 Å². The highest BCUT2D eigenvalue weighted by Crippen LogP contribution is 2.16. The minimum atomic E-state index is -0.383. The summed E-state index contributed by atoms with van der Waals surface area (Å²) < 4.78 is 19.9. The molecule has 0 saturated heterocycles. The summed E-state index contributed by atoms with van der Waals surface area (Å²) >= 11 is 5.80. The van der Waals surface area contributed by atoms with Crippen molar-refractivity contribution in [1.29, 1.82) is 0 Å². The predicted octanol–water partition coefficient (Wildman–Crippen LogP) is 3.96. The number of carbonyl (C=O) groups excluding carboxylic acids is 1. The minimum absolute atomic E-state index is 0.158. The first-order chi connectivity index (χ1) is 11.6. The van der Waals surface area contributed by atoms with Crippen molar-refractivity contribution in [2.45, 2.75) is 6.73 Å². The van der Waals surface area contributed by atoms with E-state index in [0.29, 0.717) is 16.5 Å². The van der Waals surface area contributed by atoms with Gasteiger partial charge in [0.2, 0.25) is 0 Å². The average molecular weight is 346 g/mol. The van der Waals surface area contributed by atoms with E-state index in [1.54, 1.807) is 36.5 Å². The van der Waals surface area contributed by atoms with Crippen LogP contribution in [0.15, 0.2) is 60.8 Å². The second kappa shape index (κ2) is 7.14. The van der Waals surface area contributed by atoms with Crippen LogP contribution in [0.2, 0.25) is 5.02 Å². The number of halogens is 2. The van der Waals surface area contributed by atoms with Gasteiger partial charge < -0.3 is 10.1 Å². The summed E-state index contributed by atoms with van der Waals surface area (Å²) in [5.41, 5.74) is 0.729. The van der Waals surface area contributed by atoms with Gasteiger partial charge in [-0.25, -0.2) is 9.07 Å². The number of rotatable bonds is 5. The van der Waals surface area contributed by atoms with Crippen molar-refractivity contribution in [2.24, 2.45) is 0 Å². The Balaban J connectivity index is 1.59. The van der Waals surface area contributed by atoms with Crippen LogP contribution in [0.4, 0.5) is 10.1 Å². The van der Waals surface area contributed by atoms with Gasteiger partial charge in [-0.1, -0.05) is 11.6 Å². The van der Waals surface area contributed by atoms with E-state index in [1.807, 2.05) is 0 Å². The van der Waals surface area contributed by atoms with Crippen molar-refractivity contribution in [3.63, 3.8) is 0 Å². The molecule has 1 heterocycles. The molecule has 1 amide bonds. The number of hydrogen-bond donors (Lipinski definition) is 1. The van der Waals surface area contributed by atoms with Crippen LogP contribution in [0.5, 0.6) is 5.75 Å². The lowest BCUT2D eigenvalue weighted by atomic mass is 10.3. The number of nitrogens with one attached hydrogen (secondary N) is 1. The van der Waals surface area contributed by atoms with E-state index in [-0.39, 0.29) is 24.1 Å². The fourth-order valence-electron chi connectivity index (χ4n) is 1.95. The molecule has 0 radical (unpaired) electrons. The van der Waals surface area contributed by atoms with E-state index in [0.717, 1.165) is 0 Å². The molecule has 0 aliphatic carbocycles. The lowest BCUT2D eigenvalue weighted by molar-refractivity contribution is 0.102. The minimum Gasteiger partial charge on any atom is -0.471 e. The molecule has 0 bridgehead atoms. The van der Waals surface area contributed by atoms with Crippen LogP contribution in [0.3, 0.4) is 0 Å². The monoisotopic (exact) mass is 345 g/mol. The van der Waals surface area contributed by atoms with E-state index in [4.69, 9.17) is 16.3 Å². The van der Waals surface area contributed by atoms with Crippen LogP contribution in [0, 0.1) is 5.82 Å². The van der Waals surface area contributed by atoms with E-state index in [1.165, 1.54) is 28.9 Å². The second-order valence-electron chi connectivity index (χ2n) is 4.93. The normalized spacial score (nSPS) is 10.4. The molecular weight excluding hydrogens is 333 g/mol. The van der Waals surface area contributed by atoms with E-state index in [2.05, 4.69) is 10.4 Å². The summed E-state index contributed by atoms with van der Waals surface area (Å²) in [6.07, 6.45) is 1.63. The Hall–Kier alpha value is -2.86. The van der Waals surface area contributed by atoms with Crippen molar-refractivity contribution in [1.82, 2.24) is 9.78 Å². The van der Waals surface area contributed by atoms with Crippen molar-refractivity contribution < 1.29 is 13.9 Å². The van der Waals surface area contributed by atoms with E-state index in [9.17, 15) is 9.18 Å². The van der Waals surface area contributed by atoms with Gasteiger partial charge in [0.1, 0.15) is 11.6 Å². The number of amides is 1. The molecule has 5 nitrogen and oxygen atoms in total. The maximum Gasteiger partial charge on any atom is 0.276 e. The Bertz CT molecular complexity index is 832. The van der Waals surface area contributed by atoms with Crippen LogP contribution in [-0.4, -0.2) is 15.7 Å². The largest absolute Gasteiger partial charge is 0.471 e. The van der Waals surface area contributed by atoms with Gasteiger partial charge in [-0.15, -0.1) is 0 Å². The number of anilines is 1. The highest BCUT2D eigenvalue weighted by Gasteiger charge is 2.10. The highest BCUT2D eigenvalue weighted by molar-refractivity contribution is 6.30. The molecule has 122 valence electrons. The Morgan fingerprint density at radius 2 is 1.83 bits per heavy atom. The van der Waals surface area contributed by atoms with Gasteiger partial charge in [0, 0.05) is 16.9 Å². The Morgan fingerprint density at radius 1 is 1.12 bits per heavy atom. The van der Waals surface area contributed by atoms with Gasteiger partial charge in [0.25, 0.3) is 5.91 Å². The summed E-state index contributed by atoms with van der Waals surface area (Å²) in [5.74, 6) is -0.101. The van der Waals surface area contributed by atoms with Crippen LogP contribution in [-0.2, 0) is 6.73 Å². The number of nitrogens with zero attached hydrogens (tertiary/aromatic N) is 2. The number of aromatic nitrogens is 2. The van der Waals surface area contributed by atoms with Gasteiger partial charge in [-0.2, -0.15) is 5.10 Å².